The summed E-state index contributed by atoms with van der Waals surface area (Å²) in [6, 6.07) is 0. The molecule has 0 radical (unpaired) electrons. The van der Waals surface area contributed by atoms with Crippen LogP contribution >= 0.6 is 0 Å². The molecule has 15 heavy (non-hydrogen) atoms. The molecule has 0 aromatic heterocycles. The smallest absolute Gasteiger partial charge is 0.309 e. The highest BCUT2D eigenvalue weighted by Crippen LogP contribution is 2.39. The van der Waals surface area contributed by atoms with Crippen molar-refractivity contribution in [3.8, 4) is 0 Å². The number of hydrogen-bond acceptors (Lipinski definition) is 1. The molecule has 0 unspecified atom stereocenters. The SMILES string of the molecule is C=C(C)CCC1(C(=O)O)CCCCCC1. The lowest BCUT2D eigenvalue weighted by Crippen LogP contribution is -2.30. The van der Waals surface area contributed by atoms with Gasteiger partial charge in [-0.15, -0.1) is 6.58 Å². The fraction of sp³-hybridized carbons (Fsp3) is 0.769. The van der Waals surface area contributed by atoms with Crippen molar-refractivity contribution in [2.24, 2.45) is 5.41 Å². The summed E-state index contributed by atoms with van der Waals surface area (Å²) < 4.78 is 0. The lowest BCUT2D eigenvalue weighted by Gasteiger charge is -2.28. The van der Waals surface area contributed by atoms with Crippen molar-refractivity contribution in [3.05, 3.63) is 12.2 Å². The summed E-state index contributed by atoms with van der Waals surface area (Å²) >= 11 is 0. The van der Waals surface area contributed by atoms with E-state index in [9.17, 15) is 9.90 Å². The number of aliphatic carboxylic acids is 1. The van der Waals surface area contributed by atoms with Crippen LogP contribution in [-0.2, 0) is 4.79 Å². The second kappa shape index (κ2) is 5.34. The van der Waals surface area contributed by atoms with E-state index in [1.807, 2.05) is 6.92 Å². The van der Waals surface area contributed by atoms with Crippen LogP contribution in [0.2, 0.25) is 0 Å². The summed E-state index contributed by atoms with van der Waals surface area (Å²) in [7, 11) is 0. The zero-order valence-corrected chi connectivity index (χ0v) is 9.72. The first-order valence-electron chi connectivity index (χ1n) is 5.95. The van der Waals surface area contributed by atoms with Crippen LogP contribution in [-0.4, -0.2) is 11.1 Å². The van der Waals surface area contributed by atoms with Gasteiger partial charge < -0.3 is 5.11 Å². The molecule has 2 nitrogen and oxygen atoms in total. The molecule has 1 aliphatic carbocycles. The van der Waals surface area contributed by atoms with Gasteiger partial charge in [-0.05, 0) is 32.6 Å². The van der Waals surface area contributed by atoms with Gasteiger partial charge in [-0.3, -0.25) is 4.79 Å². The van der Waals surface area contributed by atoms with Gasteiger partial charge in [-0.2, -0.15) is 0 Å². The van der Waals surface area contributed by atoms with Crippen LogP contribution in [0, 0.1) is 5.41 Å². The van der Waals surface area contributed by atoms with Gasteiger partial charge in [0.05, 0.1) is 5.41 Å². The fourth-order valence-electron chi connectivity index (χ4n) is 2.43. The number of carboxylic acids is 1. The molecule has 1 rings (SSSR count). The van der Waals surface area contributed by atoms with Crippen LogP contribution in [0.25, 0.3) is 0 Å². The maximum atomic E-state index is 11.4. The van der Waals surface area contributed by atoms with Crippen LogP contribution in [0.5, 0.6) is 0 Å². The molecule has 0 amide bonds. The zero-order valence-electron chi connectivity index (χ0n) is 9.72. The lowest BCUT2D eigenvalue weighted by molar-refractivity contribution is -0.150. The van der Waals surface area contributed by atoms with E-state index in [1.165, 1.54) is 12.8 Å². The highest BCUT2D eigenvalue weighted by molar-refractivity contribution is 5.74. The van der Waals surface area contributed by atoms with Gasteiger partial charge in [0.2, 0.25) is 0 Å². The Hall–Kier alpha value is -0.790. The number of carbonyl (C=O) groups is 1. The lowest BCUT2D eigenvalue weighted by atomic mass is 9.76. The highest BCUT2D eigenvalue weighted by atomic mass is 16.4. The molecule has 86 valence electrons. The third-order valence-electron chi connectivity index (χ3n) is 3.54. The summed E-state index contributed by atoms with van der Waals surface area (Å²) in [5.41, 5.74) is 0.648. The Labute approximate surface area is 92.4 Å². The average Bonchev–Trinajstić information content (AvgIpc) is 2.40. The Morgan fingerprint density at radius 1 is 1.27 bits per heavy atom. The van der Waals surface area contributed by atoms with Crippen molar-refractivity contribution in [3.63, 3.8) is 0 Å². The highest BCUT2D eigenvalue weighted by Gasteiger charge is 2.37. The molecule has 0 spiro atoms. The van der Waals surface area contributed by atoms with Gasteiger partial charge in [-0.25, -0.2) is 0 Å². The fourth-order valence-corrected chi connectivity index (χ4v) is 2.43. The Balaban J connectivity index is 2.67. The molecule has 0 saturated heterocycles. The van der Waals surface area contributed by atoms with Crippen molar-refractivity contribution < 1.29 is 9.90 Å². The third-order valence-corrected chi connectivity index (χ3v) is 3.54. The van der Waals surface area contributed by atoms with E-state index >= 15 is 0 Å². The molecule has 1 saturated carbocycles. The first-order chi connectivity index (χ1) is 7.07. The molecule has 1 fully saturated rings. The van der Waals surface area contributed by atoms with Gasteiger partial charge in [0.25, 0.3) is 0 Å². The van der Waals surface area contributed by atoms with Crippen molar-refractivity contribution in [2.45, 2.75) is 58.3 Å². The Morgan fingerprint density at radius 3 is 2.20 bits per heavy atom. The van der Waals surface area contributed by atoms with E-state index in [-0.39, 0.29) is 0 Å². The van der Waals surface area contributed by atoms with Crippen LogP contribution in [0.3, 0.4) is 0 Å². The van der Waals surface area contributed by atoms with Crippen LogP contribution in [0.15, 0.2) is 12.2 Å². The standard InChI is InChI=1S/C13H22O2/c1-11(2)7-10-13(12(14)15)8-5-3-4-6-9-13/h1,3-10H2,2H3,(H,14,15). The molecule has 0 aromatic rings. The average molecular weight is 210 g/mol. The summed E-state index contributed by atoms with van der Waals surface area (Å²) in [5.74, 6) is -0.592. The van der Waals surface area contributed by atoms with Gasteiger partial charge in [-0.1, -0.05) is 31.3 Å². The largest absolute Gasteiger partial charge is 0.481 e. The monoisotopic (exact) mass is 210 g/mol. The normalized spacial score (nSPS) is 20.6. The van der Waals surface area contributed by atoms with E-state index in [0.29, 0.717) is 0 Å². The van der Waals surface area contributed by atoms with Gasteiger partial charge >= 0.3 is 5.97 Å². The Morgan fingerprint density at radius 2 is 1.80 bits per heavy atom. The molecular weight excluding hydrogens is 188 g/mol. The summed E-state index contributed by atoms with van der Waals surface area (Å²) in [6.07, 6.45) is 7.88. The minimum atomic E-state index is -0.592. The number of carboxylic acid groups (broad SMARTS) is 1. The van der Waals surface area contributed by atoms with Gasteiger partial charge in [0.1, 0.15) is 0 Å². The zero-order chi connectivity index (χ0) is 11.3. The van der Waals surface area contributed by atoms with E-state index in [2.05, 4.69) is 6.58 Å². The second-order valence-corrected chi connectivity index (χ2v) is 4.96. The quantitative estimate of drug-likeness (QED) is 0.566. The molecule has 1 N–H and O–H groups in total. The topological polar surface area (TPSA) is 37.3 Å². The van der Waals surface area contributed by atoms with E-state index in [1.54, 1.807) is 0 Å². The number of hydrogen-bond donors (Lipinski definition) is 1. The molecule has 0 aliphatic heterocycles. The maximum absolute atomic E-state index is 11.4. The van der Waals surface area contributed by atoms with Crippen molar-refractivity contribution >= 4 is 5.97 Å². The molecule has 0 bridgehead atoms. The Bertz CT molecular complexity index is 235. The minimum Gasteiger partial charge on any atom is -0.481 e. The van der Waals surface area contributed by atoms with E-state index in [4.69, 9.17) is 0 Å². The van der Waals surface area contributed by atoms with Gasteiger partial charge in [0, 0.05) is 0 Å². The second-order valence-electron chi connectivity index (χ2n) is 4.96. The molecule has 2 heteroatoms. The van der Waals surface area contributed by atoms with Crippen molar-refractivity contribution in [2.75, 3.05) is 0 Å². The molecule has 0 heterocycles. The first kappa shape index (κ1) is 12.3. The van der Waals surface area contributed by atoms with E-state index in [0.717, 1.165) is 44.1 Å². The summed E-state index contributed by atoms with van der Waals surface area (Å²) in [4.78, 5) is 11.4. The number of rotatable bonds is 4. The summed E-state index contributed by atoms with van der Waals surface area (Å²) in [5, 5.41) is 9.40. The predicted molar refractivity (Wildman–Crippen MR) is 61.8 cm³/mol. The maximum Gasteiger partial charge on any atom is 0.309 e. The minimum absolute atomic E-state index is 0.449. The van der Waals surface area contributed by atoms with Crippen molar-refractivity contribution in [1.29, 1.82) is 0 Å². The molecule has 0 aromatic carbocycles. The van der Waals surface area contributed by atoms with Crippen LogP contribution in [0.4, 0.5) is 0 Å². The predicted octanol–water partition coefficient (Wildman–Crippen LogP) is 3.77. The first-order valence-corrected chi connectivity index (χ1v) is 5.95. The third kappa shape index (κ3) is 3.37. The van der Waals surface area contributed by atoms with Gasteiger partial charge in [0.15, 0.2) is 0 Å². The van der Waals surface area contributed by atoms with Crippen molar-refractivity contribution in [1.82, 2.24) is 0 Å². The Kier molecular flexibility index (Phi) is 4.37. The van der Waals surface area contributed by atoms with Crippen LogP contribution < -0.4 is 0 Å². The molecule has 0 atom stereocenters. The van der Waals surface area contributed by atoms with E-state index < -0.39 is 11.4 Å². The van der Waals surface area contributed by atoms with Crippen LogP contribution in [0.1, 0.15) is 58.3 Å². The number of allylic oxidation sites excluding steroid dienone is 1. The molecule has 1 aliphatic rings. The molecular formula is C13H22O2. The summed E-state index contributed by atoms with van der Waals surface area (Å²) in [6.45, 7) is 5.84.